The number of thiazole rings is 1. The number of aromatic nitrogens is 3. The van der Waals surface area contributed by atoms with Crippen LogP contribution < -0.4 is 16.6 Å². The van der Waals surface area contributed by atoms with Gasteiger partial charge in [0.1, 0.15) is 17.5 Å². The molecule has 0 aliphatic carbocycles. The van der Waals surface area contributed by atoms with Crippen molar-refractivity contribution in [1.82, 2.24) is 15.0 Å². The predicted molar refractivity (Wildman–Crippen MR) is 73.4 cm³/mol. The van der Waals surface area contributed by atoms with Gasteiger partial charge in [-0.05, 0) is 6.92 Å². The summed E-state index contributed by atoms with van der Waals surface area (Å²) in [7, 11) is 0. The fourth-order valence-corrected chi connectivity index (χ4v) is 2.22. The first-order valence-corrected chi connectivity index (χ1v) is 6.52. The van der Waals surface area contributed by atoms with E-state index in [4.69, 9.17) is 5.84 Å². The van der Waals surface area contributed by atoms with Crippen molar-refractivity contribution in [2.45, 2.75) is 26.8 Å². The van der Waals surface area contributed by atoms with Gasteiger partial charge in [-0.1, -0.05) is 6.92 Å². The van der Waals surface area contributed by atoms with Gasteiger partial charge < -0.3 is 10.7 Å². The molecule has 0 saturated carbocycles. The van der Waals surface area contributed by atoms with Crippen LogP contribution in [0.3, 0.4) is 0 Å². The van der Waals surface area contributed by atoms with Crippen LogP contribution in [0.4, 0.5) is 11.6 Å². The quantitative estimate of drug-likeness (QED) is 0.562. The van der Waals surface area contributed by atoms with Gasteiger partial charge in [0.05, 0.1) is 11.6 Å². The number of nitrogens with two attached hydrogens (primary N) is 1. The average molecular weight is 264 g/mol. The fourth-order valence-electron chi connectivity index (χ4n) is 1.48. The Bertz CT molecular complexity index is 502. The Balaban J connectivity index is 2.08. The molecule has 0 spiro atoms. The molecule has 0 radical (unpaired) electrons. The lowest BCUT2D eigenvalue weighted by Crippen LogP contribution is -2.12. The molecule has 0 aromatic carbocycles. The van der Waals surface area contributed by atoms with Crippen molar-refractivity contribution < 1.29 is 0 Å². The number of hydrogen-bond donors (Lipinski definition) is 3. The van der Waals surface area contributed by atoms with Crippen LogP contribution in [0, 0.1) is 6.92 Å². The minimum Gasteiger partial charge on any atom is -0.365 e. The zero-order valence-corrected chi connectivity index (χ0v) is 11.2. The SMILES string of the molecule is CCc1nc(NN)cc(NCc2cnc(C)s2)n1. The summed E-state index contributed by atoms with van der Waals surface area (Å²) in [6, 6.07) is 1.78. The summed E-state index contributed by atoms with van der Waals surface area (Å²) in [4.78, 5) is 14.0. The number of nitrogen functional groups attached to an aromatic ring is 1. The van der Waals surface area contributed by atoms with Crippen molar-refractivity contribution in [1.29, 1.82) is 0 Å². The van der Waals surface area contributed by atoms with Gasteiger partial charge in [-0.25, -0.2) is 20.8 Å². The van der Waals surface area contributed by atoms with Crippen molar-refractivity contribution in [3.8, 4) is 0 Å². The summed E-state index contributed by atoms with van der Waals surface area (Å²) in [6.45, 7) is 4.70. The number of hydrazine groups is 1. The third kappa shape index (κ3) is 3.14. The topological polar surface area (TPSA) is 88.8 Å². The minimum atomic E-state index is 0.616. The third-order valence-corrected chi connectivity index (χ3v) is 3.26. The molecule has 2 aromatic heterocycles. The van der Waals surface area contributed by atoms with Crippen molar-refractivity contribution in [3.05, 3.63) is 28.0 Å². The Morgan fingerprint density at radius 2 is 2.11 bits per heavy atom. The zero-order valence-electron chi connectivity index (χ0n) is 10.4. The molecular weight excluding hydrogens is 248 g/mol. The molecule has 0 atom stereocenters. The molecule has 0 bridgehead atoms. The van der Waals surface area contributed by atoms with E-state index in [1.165, 1.54) is 4.88 Å². The first-order chi connectivity index (χ1) is 8.71. The molecule has 96 valence electrons. The van der Waals surface area contributed by atoms with E-state index in [2.05, 4.69) is 25.7 Å². The second-order valence-corrected chi connectivity index (χ2v) is 5.07. The number of nitrogens with one attached hydrogen (secondary N) is 2. The second kappa shape index (κ2) is 5.74. The Morgan fingerprint density at radius 1 is 1.33 bits per heavy atom. The predicted octanol–water partition coefficient (Wildman–Crippen LogP) is 1.70. The standard InChI is InChI=1S/C11H16N6S/c1-3-9-15-10(4-11(16-9)17-12)14-6-8-5-13-7(2)18-8/h4-5H,3,6,12H2,1-2H3,(H2,14,15,16,17). The molecule has 18 heavy (non-hydrogen) atoms. The van der Waals surface area contributed by atoms with Crippen LogP contribution >= 0.6 is 11.3 Å². The lowest BCUT2D eigenvalue weighted by molar-refractivity contribution is 0.932. The molecule has 2 heterocycles. The van der Waals surface area contributed by atoms with E-state index >= 15 is 0 Å². The van der Waals surface area contributed by atoms with Crippen LogP contribution in [0.15, 0.2) is 12.3 Å². The normalized spacial score (nSPS) is 10.4. The number of hydrogen-bond acceptors (Lipinski definition) is 7. The molecule has 0 saturated heterocycles. The molecule has 4 N–H and O–H groups in total. The van der Waals surface area contributed by atoms with Crippen molar-refractivity contribution in [2.24, 2.45) is 5.84 Å². The molecular formula is C11H16N6S. The first-order valence-electron chi connectivity index (χ1n) is 5.71. The summed E-state index contributed by atoms with van der Waals surface area (Å²) in [6.07, 6.45) is 2.64. The van der Waals surface area contributed by atoms with Gasteiger partial charge in [-0.3, -0.25) is 0 Å². The van der Waals surface area contributed by atoms with E-state index in [-0.39, 0.29) is 0 Å². The largest absolute Gasteiger partial charge is 0.365 e. The highest BCUT2D eigenvalue weighted by molar-refractivity contribution is 7.11. The number of rotatable bonds is 5. The zero-order chi connectivity index (χ0) is 13.0. The number of aryl methyl sites for hydroxylation is 2. The maximum Gasteiger partial charge on any atom is 0.145 e. The molecule has 0 aliphatic rings. The minimum absolute atomic E-state index is 0.616. The van der Waals surface area contributed by atoms with E-state index in [0.717, 1.165) is 23.1 Å². The van der Waals surface area contributed by atoms with Gasteiger partial charge in [-0.2, -0.15) is 0 Å². The highest BCUT2D eigenvalue weighted by Crippen LogP contribution is 2.15. The molecule has 2 rings (SSSR count). The highest BCUT2D eigenvalue weighted by atomic mass is 32.1. The number of nitrogens with zero attached hydrogens (tertiary/aromatic N) is 3. The van der Waals surface area contributed by atoms with Gasteiger partial charge in [-0.15, -0.1) is 11.3 Å². The highest BCUT2D eigenvalue weighted by Gasteiger charge is 2.03. The lowest BCUT2D eigenvalue weighted by atomic mass is 10.4. The third-order valence-electron chi connectivity index (χ3n) is 2.35. The van der Waals surface area contributed by atoms with E-state index in [1.807, 2.05) is 20.0 Å². The monoisotopic (exact) mass is 264 g/mol. The van der Waals surface area contributed by atoms with E-state index in [1.54, 1.807) is 17.4 Å². The van der Waals surface area contributed by atoms with Gasteiger partial charge in [0.2, 0.25) is 0 Å². The maximum atomic E-state index is 5.38. The molecule has 0 aliphatic heterocycles. The second-order valence-electron chi connectivity index (χ2n) is 3.75. The summed E-state index contributed by atoms with van der Waals surface area (Å²) < 4.78 is 0. The summed E-state index contributed by atoms with van der Waals surface area (Å²) in [5.41, 5.74) is 2.54. The molecule has 0 fully saturated rings. The van der Waals surface area contributed by atoms with Crippen molar-refractivity contribution in [2.75, 3.05) is 10.7 Å². The van der Waals surface area contributed by atoms with E-state index < -0.39 is 0 Å². The Kier molecular flexibility index (Phi) is 4.06. The molecule has 0 amide bonds. The molecule has 0 unspecified atom stereocenters. The van der Waals surface area contributed by atoms with Gasteiger partial charge in [0.25, 0.3) is 0 Å². The number of anilines is 2. The maximum absolute atomic E-state index is 5.38. The molecule has 7 heteroatoms. The molecule has 2 aromatic rings. The first kappa shape index (κ1) is 12.7. The molecule has 6 nitrogen and oxygen atoms in total. The van der Waals surface area contributed by atoms with Crippen LogP contribution in [0.5, 0.6) is 0 Å². The van der Waals surface area contributed by atoms with Gasteiger partial charge in [0, 0.05) is 23.6 Å². The van der Waals surface area contributed by atoms with Crippen LogP contribution in [0.2, 0.25) is 0 Å². The van der Waals surface area contributed by atoms with Crippen LogP contribution in [-0.4, -0.2) is 15.0 Å². The summed E-state index contributed by atoms with van der Waals surface area (Å²) in [5, 5.41) is 4.31. The van der Waals surface area contributed by atoms with Crippen molar-refractivity contribution >= 4 is 23.0 Å². The lowest BCUT2D eigenvalue weighted by Gasteiger charge is -2.07. The van der Waals surface area contributed by atoms with Crippen molar-refractivity contribution in [3.63, 3.8) is 0 Å². The van der Waals surface area contributed by atoms with Gasteiger partial charge >= 0.3 is 0 Å². The smallest absolute Gasteiger partial charge is 0.145 e. The fraction of sp³-hybridized carbons (Fsp3) is 0.364. The Hall–Kier alpha value is -1.73. The van der Waals surface area contributed by atoms with Crippen LogP contribution in [0.1, 0.15) is 22.6 Å². The van der Waals surface area contributed by atoms with E-state index in [0.29, 0.717) is 12.4 Å². The summed E-state index contributed by atoms with van der Waals surface area (Å²) >= 11 is 1.67. The Morgan fingerprint density at radius 3 is 2.72 bits per heavy atom. The van der Waals surface area contributed by atoms with Crippen LogP contribution in [-0.2, 0) is 13.0 Å². The van der Waals surface area contributed by atoms with Gasteiger partial charge in [0.15, 0.2) is 0 Å². The summed E-state index contributed by atoms with van der Waals surface area (Å²) in [5.74, 6) is 7.51. The average Bonchev–Trinajstić information content (AvgIpc) is 2.81. The van der Waals surface area contributed by atoms with Crippen LogP contribution in [0.25, 0.3) is 0 Å². The Labute approximate surface area is 110 Å². The van der Waals surface area contributed by atoms with E-state index in [9.17, 15) is 0 Å².